The molecule has 0 spiro atoms. The van der Waals surface area contributed by atoms with Crippen LogP contribution in [-0.2, 0) is 11.3 Å². The summed E-state index contributed by atoms with van der Waals surface area (Å²) in [5.74, 6) is -1.37. The van der Waals surface area contributed by atoms with Gasteiger partial charge in [-0.25, -0.2) is 4.90 Å². The quantitative estimate of drug-likeness (QED) is 0.847. The lowest BCUT2D eigenvalue weighted by atomic mass is 10.2. The standard InChI is InChI=1S/C12H12F3N3O/c13-12(14,15)18(8-9-4-2-1-3-5-9)11(19)10-16-6-7-17-10/h1-5H,6-8H2,(H,16,17). The van der Waals surface area contributed by atoms with Crippen LogP contribution in [0.2, 0.25) is 0 Å². The van der Waals surface area contributed by atoms with E-state index in [9.17, 15) is 18.0 Å². The number of nitrogens with zero attached hydrogens (tertiary/aromatic N) is 2. The number of rotatable bonds is 3. The Morgan fingerprint density at radius 2 is 2.00 bits per heavy atom. The van der Waals surface area contributed by atoms with Gasteiger partial charge < -0.3 is 5.32 Å². The normalized spacial score (nSPS) is 14.8. The second-order valence-electron chi connectivity index (χ2n) is 4.00. The predicted octanol–water partition coefficient (Wildman–Crippen LogP) is 1.54. The molecule has 2 rings (SSSR count). The Bertz CT molecular complexity index is 485. The molecule has 0 aromatic heterocycles. The predicted molar refractivity (Wildman–Crippen MR) is 63.4 cm³/mol. The molecular formula is C12H12F3N3O. The van der Waals surface area contributed by atoms with E-state index in [-0.39, 0.29) is 10.7 Å². The number of hydrogen-bond acceptors (Lipinski definition) is 3. The van der Waals surface area contributed by atoms with Crippen molar-refractivity contribution in [1.29, 1.82) is 0 Å². The maximum atomic E-state index is 12.9. The van der Waals surface area contributed by atoms with Gasteiger partial charge in [-0.05, 0) is 5.56 Å². The van der Waals surface area contributed by atoms with Crippen molar-refractivity contribution in [3.63, 3.8) is 0 Å². The van der Waals surface area contributed by atoms with E-state index >= 15 is 0 Å². The Labute approximate surface area is 107 Å². The van der Waals surface area contributed by atoms with E-state index in [1.165, 1.54) is 12.1 Å². The molecule has 0 saturated heterocycles. The van der Waals surface area contributed by atoms with Gasteiger partial charge in [-0.1, -0.05) is 30.3 Å². The molecule has 1 aliphatic rings. The van der Waals surface area contributed by atoms with Crippen LogP contribution in [0.25, 0.3) is 0 Å². The van der Waals surface area contributed by atoms with Crippen molar-refractivity contribution >= 4 is 11.7 Å². The summed E-state index contributed by atoms with van der Waals surface area (Å²) in [6.07, 6.45) is -4.74. The summed E-state index contributed by atoms with van der Waals surface area (Å²) in [5.41, 5.74) is 0.409. The van der Waals surface area contributed by atoms with Crippen LogP contribution in [0.3, 0.4) is 0 Å². The van der Waals surface area contributed by atoms with E-state index in [0.717, 1.165) is 0 Å². The molecule has 1 amide bonds. The molecule has 0 fully saturated rings. The lowest BCUT2D eigenvalue weighted by Crippen LogP contribution is -2.48. The van der Waals surface area contributed by atoms with Gasteiger partial charge in [-0.2, -0.15) is 0 Å². The number of nitrogens with one attached hydrogen (secondary N) is 1. The molecule has 0 saturated carbocycles. The minimum absolute atomic E-state index is 0.139. The summed E-state index contributed by atoms with van der Waals surface area (Å²) >= 11 is 0. The van der Waals surface area contributed by atoms with Gasteiger partial charge in [0.1, 0.15) is 0 Å². The molecule has 7 heteroatoms. The number of aliphatic imine (C=N–C) groups is 1. The third-order valence-corrected chi connectivity index (χ3v) is 2.61. The zero-order valence-electron chi connectivity index (χ0n) is 9.94. The number of halogens is 3. The maximum absolute atomic E-state index is 12.9. The van der Waals surface area contributed by atoms with Crippen molar-refractivity contribution in [2.45, 2.75) is 12.8 Å². The van der Waals surface area contributed by atoms with Gasteiger partial charge in [0.05, 0.1) is 13.1 Å². The van der Waals surface area contributed by atoms with Crippen LogP contribution in [-0.4, -0.2) is 36.0 Å². The van der Waals surface area contributed by atoms with Gasteiger partial charge in [0.2, 0.25) is 0 Å². The molecule has 1 aromatic carbocycles. The lowest BCUT2D eigenvalue weighted by Gasteiger charge is -2.25. The molecule has 1 aromatic rings. The molecule has 1 heterocycles. The lowest BCUT2D eigenvalue weighted by molar-refractivity contribution is -0.240. The fourth-order valence-corrected chi connectivity index (χ4v) is 1.71. The monoisotopic (exact) mass is 271 g/mol. The van der Waals surface area contributed by atoms with E-state index in [1.807, 2.05) is 0 Å². The third kappa shape index (κ3) is 3.24. The highest BCUT2D eigenvalue weighted by Gasteiger charge is 2.42. The second kappa shape index (κ2) is 5.29. The van der Waals surface area contributed by atoms with Gasteiger partial charge in [0.15, 0.2) is 5.84 Å². The van der Waals surface area contributed by atoms with Gasteiger partial charge in [-0.3, -0.25) is 9.79 Å². The summed E-state index contributed by atoms with van der Waals surface area (Å²) in [5, 5.41) is 2.55. The fraction of sp³-hybridized carbons (Fsp3) is 0.333. The maximum Gasteiger partial charge on any atom is 0.487 e. The van der Waals surface area contributed by atoms with Gasteiger partial charge in [-0.15, -0.1) is 13.2 Å². The van der Waals surface area contributed by atoms with Crippen LogP contribution in [0, 0.1) is 0 Å². The van der Waals surface area contributed by atoms with Gasteiger partial charge in [0, 0.05) is 6.54 Å². The number of alkyl halides is 3. The molecule has 0 radical (unpaired) electrons. The molecule has 19 heavy (non-hydrogen) atoms. The molecule has 0 aliphatic carbocycles. The summed E-state index contributed by atoms with van der Waals surface area (Å²) in [6.45, 7) is 0.181. The Hall–Kier alpha value is -2.05. The zero-order valence-corrected chi connectivity index (χ0v) is 9.94. The van der Waals surface area contributed by atoms with E-state index in [1.54, 1.807) is 18.2 Å². The summed E-state index contributed by atoms with van der Waals surface area (Å²) in [7, 11) is 0. The highest BCUT2D eigenvalue weighted by Crippen LogP contribution is 2.24. The Morgan fingerprint density at radius 1 is 1.32 bits per heavy atom. The first kappa shape index (κ1) is 13.4. The van der Waals surface area contributed by atoms with Gasteiger partial charge >= 0.3 is 6.30 Å². The highest BCUT2D eigenvalue weighted by molar-refractivity contribution is 6.38. The minimum Gasteiger partial charge on any atom is -0.364 e. The number of amides is 1. The molecule has 102 valence electrons. The molecule has 4 nitrogen and oxygen atoms in total. The third-order valence-electron chi connectivity index (χ3n) is 2.61. The molecule has 1 aliphatic heterocycles. The van der Waals surface area contributed by atoms with Crippen molar-refractivity contribution in [1.82, 2.24) is 10.2 Å². The highest BCUT2D eigenvalue weighted by atomic mass is 19.4. The van der Waals surface area contributed by atoms with E-state index in [0.29, 0.717) is 18.7 Å². The van der Waals surface area contributed by atoms with E-state index in [2.05, 4.69) is 10.3 Å². The first-order chi connectivity index (χ1) is 8.98. The van der Waals surface area contributed by atoms with E-state index < -0.39 is 18.8 Å². The van der Waals surface area contributed by atoms with Crippen molar-refractivity contribution in [3.05, 3.63) is 35.9 Å². The van der Waals surface area contributed by atoms with Crippen LogP contribution < -0.4 is 5.32 Å². The minimum atomic E-state index is -4.74. The molecule has 0 atom stereocenters. The zero-order chi connectivity index (χ0) is 13.9. The molecular weight excluding hydrogens is 259 g/mol. The number of hydrogen-bond donors (Lipinski definition) is 1. The fourth-order valence-electron chi connectivity index (χ4n) is 1.71. The largest absolute Gasteiger partial charge is 0.487 e. The van der Waals surface area contributed by atoms with Crippen molar-refractivity contribution < 1.29 is 18.0 Å². The topological polar surface area (TPSA) is 44.7 Å². The Kier molecular flexibility index (Phi) is 3.73. The second-order valence-corrected chi connectivity index (χ2v) is 4.00. The Balaban J connectivity index is 2.19. The van der Waals surface area contributed by atoms with Gasteiger partial charge in [0.25, 0.3) is 5.91 Å². The average molecular weight is 271 g/mol. The van der Waals surface area contributed by atoms with Crippen LogP contribution in [0.5, 0.6) is 0 Å². The van der Waals surface area contributed by atoms with Crippen LogP contribution in [0.15, 0.2) is 35.3 Å². The number of amidine groups is 1. The number of benzene rings is 1. The van der Waals surface area contributed by atoms with Crippen molar-refractivity contribution in [2.75, 3.05) is 13.1 Å². The summed E-state index contributed by atoms with van der Waals surface area (Å²) in [4.78, 5) is 15.4. The number of carbonyl (C=O) groups excluding carboxylic acids is 1. The van der Waals surface area contributed by atoms with E-state index in [4.69, 9.17) is 0 Å². The number of carbonyl (C=O) groups is 1. The first-order valence-corrected chi connectivity index (χ1v) is 5.69. The molecule has 0 unspecified atom stereocenters. The average Bonchev–Trinajstić information content (AvgIpc) is 2.89. The molecule has 1 N–H and O–H groups in total. The molecule has 0 bridgehead atoms. The van der Waals surface area contributed by atoms with Crippen LogP contribution in [0.1, 0.15) is 5.56 Å². The Morgan fingerprint density at radius 3 is 2.53 bits per heavy atom. The van der Waals surface area contributed by atoms with Crippen LogP contribution >= 0.6 is 0 Å². The smallest absolute Gasteiger partial charge is 0.364 e. The van der Waals surface area contributed by atoms with Crippen LogP contribution in [0.4, 0.5) is 13.2 Å². The SMILES string of the molecule is O=C(C1=NCCN1)N(Cc1ccccc1)C(F)(F)F. The van der Waals surface area contributed by atoms with Crippen molar-refractivity contribution in [2.24, 2.45) is 4.99 Å². The summed E-state index contributed by atoms with van der Waals surface area (Å²) in [6, 6.07) is 8.02. The summed E-state index contributed by atoms with van der Waals surface area (Å²) < 4.78 is 38.8. The van der Waals surface area contributed by atoms with Crippen molar-refractivity contribution in [3.8, 4) is 0 Å². The first-order valence-electron chi connectivity index (χ1n) is 5.69.